The van der Waals surface area contributed by atoms with Crippen LogP contribution in [0.1, 0.15) is 21.7 Å². The molecule has 0 radical (unpaired) electrons. The van der Waals surface area contributed by atoms with Crippen LogP contribution in [-0.4, -0.2) is 5.78 Å². The van der Waals surface area contributed by atoms with E-state index in [4.69, 9.17) is 4.42 Å². The van der Waals surface area contributed by atoms with Crippen molar-refractivity contribution in [1.29, 1.82) is 0 Å². The van der Waals surface area contributed by atoms with E-state index >= 15 is 0 Å². The summed E-state index contributed by atoms with van der Waals surface area (Å²) in [5.74, 6) is -0.290. The summed E-state index contributed by atoms with van der Waals surface area (Å²) in [6, 6.07) is 11.6. The number of benzene rings is 2. The summed E-state index contributed by atoms with van der Waals surface area (Å²) < 4.78 is 19.8. The Morgan fingerprint density at radius 3 is 2.55 bits per heavy atom. The molecule has 3 aromatic rings. The van der Waals surface area contributed by atoms with Crippen LogP contribution in [0.2, 0.25) is 0 Å². The van der Waals surface area contributed by atoms with E-state index in [1.54, 1.807) is 18.2 Å². The number of hydrogen-bond donors (Lipinski definition) is 0. The fourth-order valence-electron chi connectivity index (χ4n) is 2.15. The third kappa shape index (κ3) is 2.24. The van der Waals surface area contributed by atoms with Crippen LogP contribution >= 0.6 is 22.6 Å². The molecule has 0 N–H and O–H groups in total. The number of fused-ring (bicyclic) bond motifs is 1. The first kappa shape index (κ1) is 13.3. The van der Waals surface area contributed by atoms with Crippen molar-refractivity contribution in [1.82, 2.24) is 0 Å². The predicted octanol–water partition coefficient (Wildman–Crippen LogP) is 4.72. The van der Waals surface area contributed by atoms with Gasteiger partial charge in [-0.25, -0.2) is 4.39 Å². The second-order valence-electron chi connectivity index (χ2n) is 4.53. The highest BCUT2D eigenvalue weighted by atomic mass is 127. The lowest BCUT2D eigenvalue weighted by Gasteiger charge is -1.99. The van der Waals surface area contributed by atoms with E-state index in [1.807, 2.05) is 19.1 Å². The molecule has 100 valence electrons. The molecule has 20 heavy (non-hydrogen) atoms. The van der Waals surface area contributed by atoms with Crippen molar-refractivity contribution in [3.05, 3.63) is 68.7 Å². The minimum atomic E-state index is -0.375. The highest BCUT2D eigenvalue weighted by Gasteiger charge is 2.19. The fraction of sp³-hybridized carbons (Fsp3) is 0.0625. The van der Waals surface area contributed by atoms with Gasteiger partial charge in [0.05, 0.1) is 0 Å². The Balaban J connectivity index is 2.12. The van der Waals surface area contributed by atoms with E-state index in [1.165, 1.54) is 12.1 Å². The van der Waals surface area contributed by atoms with E-state index < -0.39 is 0 Å². The highest BCUT2D eigenvalue weighted by molar-refractivity contribution is 14.1. The second kappa shape index (κ2) is 5.01. The first-order chi connectivity index (χ1) is 9.56. The molecule has 0 aliphatic rings. The third-order valence-electron chi connectivity index (χ3n) is 3.21. The van der Waals surface area contributed by atoms with Gasteiger partial charge in [0.15, 0.2) is 5.76 Å². The van der Waals surface area contributed by atoms with Gasteiger partial charge in [-0.2, -0.15) is 0 Å². The molecule has 0 atom stereocenters. The zero-order valence-electron chi connectivity index (χ0n) is 10.6. The topological polar surface area (TPSA) is 30.2 Å². The molecule has 0 saturated heterocycles. The molecule has 1 aromatic heterocycles. The summed E-state index contributed by atoms with van der Waals surface area (Å²) in [5.41, 5.74) is 1.70. The minimum Gasteiger partial charge on any atom is -0.452 e. The van der Waals surface area contributed by atoms with E-state index in [0.717, 1.165) is 14.5 Å². The number of furan rings is 1. The van der Waals surface area contributed by atoms with Crippen LogP contribution in [0.5, 0.6) is 0 Å². The molecule has 0 fully saturated rings. The van der Waals surface area contributed by atoms with E-state index in [0.29, 0.717) is 11.1 Å². The summed E-state index contributed by atoms with van der Waals surface area (Å²) in [7, 11) is 0. The molecule has 2 nitrogen and oxygen atoms in total. The molecule has 4 heteroatoms. The van der Waals surface area contributed by atoms with Crippen molar-refractivity contribution in [2.75, 3.05) is 0 Å². The number of carbonyl (C=O) groups is 1. The normalized spacial score (nSPS) is 10.9. The van der Waals surface area contributed by atoms with E-state index in [9.17, 15) is 9.18 Å². The Hall–Kier alpha value is -1.69. The maximum atomic E-state index is 13.2. The lowest BCUT2D eigenvalue weighted by Crippen LogP contribution is -2.01. The molecule has 0 aliphatic heterocycles. The molecule has 1 heterocycles. The Kier molecular flexibility index (Phi) is 3.33. The minimum absolute atomic E-state index is 0.185. The van der Waals surface area contributed by atoms with Crippen molar-refractivity contribution in [2.45, 2.75) is 6.92 Å². The van der Waals surface area contributed by atoms with Gasteiger partial charge in [0.2, 0.25) is 5.78 Å². The first-order valence-electron chi connectivity index (χ1n) is 6.05. The standard InChI is InChI=1S/C16H10FIO2/c1-9-13-7-4-11(17)8-14(13)20-16(9)15(19)10-2-5-12(18)6-3-10/h2-8H,1H3. The van der Waals surface area contributed by atoms with Crippen molar-refractivity contribution in [3.63, 3.8) is 0 Å². The van der Waals surface area contributed by atoms with Gasteiger partial charge < -0.3 is 4.42 Å². The van der Waals surface area contributed by atoms with Gasteiger partial charge in [0.1, 0.15) is 11.4 Å². The molecule has 0 unspecified atom stereocenters. The van der Waals surface area contributed by atoms with Gasteiger partial charge in [-0.1, -0.05) is 0 Å². The average Bonchev–Trinajstić information content (AvgIpc) is 2.75. The summed E-state index contributed by atoms with van der Waals surface area (Å²) in [4.78, 5) is 12.4. The third-order valence-corrected chi connectivity index (χ3v) is 3.93. The summed E-state index contributed by atoms with van der Waals surface area (Å²) in [6.45, 7) is 1.81. The number of carbonyl (C=O) groups excluding carboxylic acids is 1. The van der Waals surface area contributed by atoms with Crippen molar-refractivity contribution in [2.24, 2.45) is 0 Å². The lowest BCUT2D eigenvalue weighted by molar-refractivity contribution is 0.101. The van der Waals surface area contributed by atoms with Gasteiger partial charge in [-0.3, -0.25) is 4.79 Å². The molecular formula is C16H10FIO2. The summed E-state index contributed by atoms with van der Waals surface area (Å²) in [6.07, 6.45) is 0. The van der Waals surface area contributed by atoms with Gasteiger partial charge in [-0.15, -0.1) is 0 Å². The number of halogens is 2. The van der Waals surface area contributed by atoms with Crippen LogP contribution in [0.3, 0.4) is 0 Å². The van der Waals surface area contributed by atoms with Crippen LogP contribution < -0.4 is 0 Å². The maximum absolute atomic E-state index is 13.2. The smallest absolute Gasteiger partial charge is 0.228 e. The molecule has 3 rings (SSSR count). The van der Waals surface area contributed by atoms with Crippen LogP contribution in [0.4, 0.5) is 4.39 Å². The largest absolute Gasteiger partial charge is 0.452 e. The van der Waals surface area contributed by atoms with Crippen molar-refractivity contribution >= 4 is 39.3 Å². The van der Waals surface area contributed by atoms with Crippen molar-refractivity contribution in [3.8, 4) is 0 Å². The zero-order chi connectivity index (χ0) is 14.3. The molecule has 0 spiro atoms. The van der Waals surface area contributed by atoms with Crippen LogP contribution in [0.15, 0.2) is 46.9 Å². The molecule has 0 saturated carbocycles. The van der Waals surface area contributed by atoms with Gasteiger partial charge in [0, 0.05) is 26.1 Å². The quantitative estimate of drug-likeness (QED) is 0.476. The number of rotatable bonds is 2. The molecule has 2 aromatic carbocycles. The second-order valence-corrected chi connectivity index (χ2v) is 5.78. The Morgan fingerprint density at radius 1 is 1.15 bits per heavy atom. The summed E-state index contributed by atoms with van der Waals surface area (Å²) >= 11 is 2.18. The molecule has 0 bridgehead atoms. The average molecular weight is 380 g/mol. The number of aryl methyl sites for hydroxylation is 1. The molecule has 0 amide bonds. The lowest BCUT2D eigenvalue weighted by atomic mass is 10.1. The van der Waals surface area contributed by atoms with E-state index in [-0.39, 0.29) is 17.4 Å². The highest BCUT2D eigenvalue weighted by Crippen LogP contribution is 2.27. The van der Waals surface area contributed by atoms with E-state index in [2.05, 4.69) is 22.6 Å². The first-order valence-corrected chi connectivity index (χ1v) is 7.13. The molecular weight excluding hydrogens is 370 g/mol. The van der Waals surface area contributed by atoms with Crippen LogP contribution in [-0.2, 0) is 0 Å². The monoisotopic (exact) mass is 380 g/mol. The zero-order valence-corrected chi connectivity index (χ0v) is 12.8. The Labute approximate surface area is 128 Å². The number of hydrogen-bond acceptors (Lipinski definition) is 2. The Bertz CT molecular complexity index is 803. The van der Waals surface area contributed by atoms with Gasteiger partial charge in [-0.05, 0) is 65.9 Å². The fourth-order valence-corrected chi connectivity index (χ4v) is 2.51. The Morgan fingerprint density at radius 2 is 1.85 bits per heavy atom. The molecule has 0 aliphatic carbocycles. The predicted molar refractivity (Wildman–Crippen MR) is 83.5 cm³/mol. The maximum Gasteiger partial charge on any atom is 0.228 e. The summed E-state index contributed by atoms with van der Waals surface area (Å²) in [5, 5.41) is 0.764. The van der Waals surface area contributed by atoms with Crippen LogP contribution in [0, 0.1) is 16.3 Å². The van der Waals surface area contributed by atoms with Crippen LogP contribution in [0.25, 0.3) is 11.0 Å². The van der Waals surface area contributed by atoms with Gasteiger partial charge in [0.25, 0.3) is 0 Å². The SMILES string of the molecule is Cc1c(C(=O)c2ccc(I)cc2)oc2cc(F)ccc12. The number of ketones is 1. The van der Waals surface area contributed by atoms with Crippen molar-refractivity contribution < 1.29 is 13.6 Å². The van der Waals surface area contributed by atoms with Gasteiger partial charge >= 0.3 is 0 Å².